The Kier molecular flexibility index (Phi) is 4.35. The quantitative estimate of drug-likeness (QED) is 0.720. The molecule has 3 nitrogen and oxygen atoms in total. The maximum Gasteiger partial charge on any atom is 0.0598 e. The van der Waals surface area contributed by atoms with Gasteiger partial charge in [0.25, 0.3) is 0 Å². The van der Waals surface area contributed by atoms with Gasteiger partial charge in [0.05, 0.1) is 11.7 Å². The number of ether oxygens (including phenoxy) is 1. The van der Waals surface area contributed by atoms with Gasteiger partial charge >= 0.3 is 0 Å². The lowest BCUT2D eigenvalue weighted by Crippen LogP contribution is -2.40. The fourth-order valence-corrected chi connectivity index (χ4v) is 1.72. The molecule has 0 bridgehead atoms. The first kappa shape index (κ1) is 12.0. The Labute approximate surface area is 86.8 Å². The molecular formula is C11H23NO2. The van der Waals surface area contributed by atoms with Gasteiger partial charge in [-0.25, -0.2) is 0 Å². The van der Waals surface area contributed by atoms with Crippen LogP contribution in [0.1, 0.15) is 33.6 Å². The van der Waals surface area contributed by atoms with Crippen molar-refractivity contribution in [2.75, 3.05) is 19.7 Å². The maximum absolute atomic E-state index is 9.70. The van der Waals surface area contributed by atoms with Crippen molar-refractivity contribution in [2.24, 2.45) is 5.92 Å². The highest BCUT2D eigenvalue weighted by molar-refractivity contribution is 4.77. The third-order valence-corrected chi connectivity index (χ3v) is 2.59. The van der Waals surface area contributed by atoms with Crippen LogP contribution in [0.3, 0.4) is 0 Å². The van der Waals surface area contributed by atoms with Gasteiger partial charge in [0.2, 0.25) is 0 Å². The predicted molar refractivity (Wildman–Crippen MR) is 57.3 cm³/mol. The summed E-state index contributed by atoms with van der Waals surface area (Å²) in [5.74, 6) is 0.367. The van der Waals surface area contributed by atoms with E-state index in [1.54, 1.807) is 0 Å². The van der Waals surface area contributed by atoms with Gasteiger partial charge in [-0.05, 0) is 46.1 Å². The molecule has 1 fully saturated rings. The summed E-state index contributed by atoms with van der Waals surface area (Å²) in [6, 6.07) is 0. The van der Waals surface area contributed by atoms with Gasteiger partial charge in [-0.3, -0.25) is 0 Å². The Hall–Kier alpha value is -0.120. The minimum absolute atomic E-state index is 0.0625. The second-order valence-electron chi connectivity index (χ2n) is 5.07. The summed E-state index contributed by atoms with van der Waals surface area (Å²) in [6.07, 6.45) is 1.69. The van der Waals surface area contributed by atoms with Crippen LogP contribution in [0, 0.1) is 5.92 Å². The molecule has 0 aromatic rings. The van der Waals surface area contributed by atoms with Crippen LogP contribution in [0.2, 0.25) is 0 Å². The first-order valence-electron chi connectivity index (χ1n) is 5.52. The van der Waals surface area contributed by atoms with Crippen LogP contribution >= 0.6 is 0 Å². The highest BCUT2D eigenvalue weighted by Crippen LogP contribution is 2.16. The van der Waals surface area contributed by atoms with Gasteiger partial charge in [-0.15, -0.1) is 0 Å². The lowest BCUT2D eigenvalue weighted by Gasteiger charge is -2.29. The van der Waals surface area contributed by atoms with E-state index in [4.69, 9.17) is 4.74 Å². The lowest BCUT2D eigenvalue weighted by atomic mass is 9.93. The normalized spacial score (nSPS) is 29.1. The molecule has 1 aliphatic rings. The second-order valence-corrected chi connectivity index (χ2v) is 5.07. The van der Waals surface area contributed by atoms with Crippen LogP contribution < -0.4 is 5.32 Å². The molecule has 0 aromatic heterocycles. The van der Waals surface area contributed by atoms with Crippen LogP contribution in [-0.2, 0) is 4.74 Å². The third-order valence-electron chi connectivity index (χ3n) is 2.59. The second kappa shape index (κ2) is 5.10. The van der Waals surface area contributed by atoms with Gasteiger partial charge < -0.3 is 15.2 Å². The molecular weight excluding hydrogens is 178 g/mol. The first-order valence-corrected chi connectivity index (χ1v) is 5.52. The van der Waals surface area contributed by atoms with E-state index in [2.05, 4.69) is 26.1 Å². The van der Waals surface area contributed by atoms with Crippen LogP contribution in [0.5, 0.6) is 0 Å². The Balaban J connectivity index is 2.17. The average molecular weight is 201 g/mol. The summed E-state index contributed by atoms with van der Waals surface area (Å²) in [6.45, 7) is 8.78. The topological polar surface area (TPSA) is 41.5 Å². The summed E-state index contributed by atoms with van der Waals surface area (Å²) in [7, 11) is 0. The van der Waals surface area contributed by atoms with Crippen molar-refractivity contribution in [2.45, 2.75) is 45.3 Å². The minimum Gasteiger partial charge on any atom is -0.393 e. The smallest absolute Gasteiger partial charge is 0.0598 e. The average Bonchev–Trinajstić information content (AvgIpc) is 2.06. The molecule has 0 aromatic carbocycles. The van der Waals surface area contributed by atoms with Gasteiger partial charge in [0.15, 0.2) is 0 Å². The number of nitrogens with one attached hydrogen (secondary N) is 1. The number of rotatable bonds is 3. The van der Waals surface area contributed by atoms with Crippen LogP contribution in [-0.4, -0.2) is 36.5 Å². The van der Waals surface area contributed by atoms with E-state index in [9.17, 15) is 5.11 Å². The molecule has 1 rings (SSSR count). The minimum atomic E-state index is -0.139. The van der Waals surface area contributed by atoms with Crippen molar-refractivity contribution in [1.29, 1.82) is 0 Å². The Morgan fingerprint density at radius 3 is 2.71 bits per heavy atom. The molecule has 0 saturated carbocycles. The zero-order chi connectivity index (χ0) is 10.6. The van der Waals surface area contributed by atoms with E-state index in [0.717, 1.165) is 32.5 Å². The van der Waals surface area contributed by atoms with E-state index >= 15 is 0 Å². The molecule has 0 amide bonds. The highest BCUT2D eigenvalue weighted by atomic mass is 16.5. The van der Waals surface area contributed by atoms with E-state index in [1.165, 1.54) is 0 Å². The van der Waals surface area contributed by atoms with Gasteiger partial charge in [-0.2, -0.15) is 0 Å². The molecule has 0 radical (unpaired) electrons. The molecule has 2 N–H and O–H groups in total. The number of aliphatic hydroxyl groups is 1. The van der Waals surface area contributed by atoms with Gasteiger partial charge in [0, 0.05) is 13.2 Å². The highest BCUT2D eigenvalue weighted by Gasteiger charge is 2.23. The molecule has 1 aliphatic heterocycles. The van der Waals surface area contributed by atoms with Crippen molar-refractivity contribution in [3.8, 4) is 0 Å². The van der Waals surface area contributed by atoms with E-state index in [-0.39, 0.29) is 11.7 Å². The summed E-state index contributed by atoms with van der Waals surface area (Å²) < 4.78 is 5.64. The molecule has 14 heavy (non-hydrogen) atoms. The summed E-state index contributed by atoms with van der Waals surface area (Å²) in [5, 5.41) is 13.0. The first-order chi connectivity index (χ1) is 6.49. The summed E-state index contributed by atoms with van der Waals surface area (Å²) in [4.78, 5) is 0. The maximum atomic E-state index is 9.70. The van der Waals surface area contributed by atoms with Gasteiger partial charge in [0.1, 0.15) is 0 Å². The molecule has 84 valence electrons. The van der Waals surface area contributed by atoms with Crippen molar-refractivity contribution in [3.63, 3.8) is 0 Å². The molecule has 1 saturated heterocycles. The molecule has 0 spiro atoms. The van der Waals surface area contributed by atoms with Crippen molar-refractivity contribution < 1.29 is 9.84 Å². The third kappa shape index (κ3) is 4.40. The van der Waals surface area contributed by atoms with Crippen molar-refractivity contribution in [1.82, 2.24) is 5.32 Å². The Morgan fingerprint density at radius 2 is 2.14 bits per heavy atom. The SMILES string of the molecule is CC(C)(C)OCCC1CNCCC1O. The van der Waals surface area contributed by atoms with Crippen molar-refractivity contribution >= 4 is 0 Å². The Bertz CT molecular complexity index is 165. The molecule has 3 heteroatoms. The van der Waals surface area contributed by atoms with E-state index in [0.29, 0.717) is 5.92 Å². The van der Waals surface area contributed by atoms with Crippen LogP contribution in [0.4, 0.5) is 0 Å². The molecule has 2 unspecified atom stereocenters. The van der Waals surface area contributed by atoms with Gasteiger partial charge in [-0.1, -0.05) is 0 Å². The molecule has 1 heterocycles. The largest absolute Gasteiger partial charge is 0.393 e. The number of piperidine rings is 1. The lowest BCUT2D eigenvalue weighted by molar-refractivity contribution is -0.0225. The Morgan fingerprint density at radius 1 is 1.43 bits per heavy atom. The van der Waals surface area contributed by atoms with E-state index < -0.39 is 0 Å². The predicted octanol–water partition coefficient (Wildman–Crippen LogP) is 1.16. The number of hydrogen-bond donors (Lipinski definition) is 2. The van der Waals surface area contributed by atoms with E-state index in [1.807, 2.05) is 0 Å². The zero-order valence-corrected chi connectivity index (χ0v) is 9.55. The fraction of sp³-hybridized carbons (Fsp3) is 1.00. The summed E-state index contributed by atoms with van der Waals surface area (Å²) >= 11 is 0. The van der Waals surface area contributed by atoms with Crippen LogP contribution in [0.25, 0.3) is 0 Å². The molecule has 0 aliphatic carbocycles. The number of hydrogen-bond acceptors (Lipinski definition) is 3. The van der Waals surface area contributed by atoms with Crippen molar-refractivity contribution in [3.05, 3.63) is 0 Å². The zero-order valence-electron chi connectivity index (χ0n) is 9.55. The number of aliphatic hydroxyl groups excluding tert-OH is 1. The monoisotopic (exact) mass is 201 g/mol. The fourth-order valence-electron chi connectivity index (χ4n) is 1.72. The van der Waals surface area contributed by atoms with Crippen LogP contribution in [0.15, 0.2) is 0 Å². The standard InChI is InChI=1S/C11H23NO2/c1-11(2,3)14-7-5-9-8-12-6-4-10(9)13/h9-10,12-13H,4-8H2,1-3H3. The molecule has 2 atom stereocenters. The summed E-state index contributed by atoms with van der Waals surface area (Å²) in [5.41, 5.74) is -0.0625.